The molecule has 1 N–H and O–H groups in total. The molecule has 2 aromatic carbocycles. The summed E-state index contributed by atoms with van der Waals surface area (Å²) < 4.78 is 11.9. The van der Waals surface area contributed by atoms with E-state index >= 15 is 0 Å². The predicted molar refractivity (Wildman–Crippen MR) is 90.3 cm³/mol. The molecule has 110 valence electrons. The van der Waals surface area contributed by atoms with Gasteiger partial charge in [-0.3, -0.25) is 4.99 Å². The van der Waals surface area contributed by atoms with Gasteiger partial charge in [0, 0.05) is 22.3 Å². The highest BCUT2D eigenvalue weighted by Gasteiger charge is 2.07. The molecule has 4 nitrogen and oxygen atoms in total. The first-order chi connectivity index (χ1) is 10.0. The lowest BCUT2D eigenvalue weighted by molar-refractivity contribution is 0.395. The maximum atomic E-state index is 10.00. The molecule has 0 aliphatic heterocycles. The first-order valence-electron chi connectivity index (χ1n) is 5.99. The Labute approximate surface area is 139 Å². The van der Waals surface area contributed by atoms with Gasteiger partial charge in [-0.25, -0.2) is 0 Å². The van der Waals surface area contributed by atoms with Gasteiger partial charge in [-0.15, -0.1) is 0 Å². The first kappa shape index (κ1) is 15.9. The Hall–Kier alpha value is -1.53. The minimum absolute atomic E-state index is 0.134. The molecule has 0 spiro atoms. The number of nitrogens with zero attached hydrogens (tertiary/aromatic N) is 1. The fourth-order valence-corrected chi connectivity index (χ4v) is 2.97. The van der Waals surface area contributed by atoms with E-state index in [1.54, 1.807) is 50.8 Å². The van der Waals surface area contributed by atoms with E-state index in [0.717, 1.165) is 4.47 Å². The summed E-state index contributed by atoms with van der Waals surface area (Å²) in [6.45, 7) is 0. The maximum absolute atomic E-state index is 10.00. The number of aliphatic imine (C=N–C) groups is 1. The largest absolute Gasteiger partial charge is 0.506 e. The Balaban J connectivity index is 2.38. The molecule has 0 amide bonds. The summed E-state index contributed by atoms with van der Waals surface area (Å²) in [6.07, 6.45) is 1.58. The van der Waals surface area contributed by atoms with Crippen molar-refractivity contribution in [2.24, 2.45) is 4.99 Å². The number of hydrogen-bond acceptors (Lipinski definition) is 4. The van der Waals surface area contributed by atoms with E-state index in [1.807, 2.05) is 0 Å². The van der Waals surface area contributed by atoms with E-state index in [1.165, 1.54) is 0 Å². The van der Waals surface area contributed by atoms with Gasteiger partial charge in [-0.1, -0.05) is 15.9 Å². The van der Waals surface area contributed by atoms with Crippen molar-refractivity contribution in [2.75, 3.05) is 14.2 Å². The summed E-state index contributed by atoms with van der Waals surface area (Å²) in [6, 6.07) is 8.88. The number of hydrogen-bond donors (Lipinski definition) is 1. The normalized spacial score (nSPS) is 10.9. The smallest absolute Gasteiger partial charge is 0.148 e. The van der Waals surface area contributed by atoms with Gasteiger partial charge in [0.15, 0.2) is 0 Å². The third-order valence-corrected chi connectivity index (χ3v) is 3.85. The van der Waals surface area contributed by atoms with Crippen LogP contribution < -0.4 is 9.47 Å². The Morgan fingerprint density at radius 3 is 2.52 bits per heavy atom. The van der Waals surface area contributed by atoms with Crippen molar-refractivity contribution in [3.63, 3.8) is 0 Å². The molecular weight excluding hydrogens is 402 g/mol. The molecule has 0 aromatic heterocycles. The number of ether oxygens (including phenoxy) is 2. The highest BCUT2D eigenvalue weighted by atomic mass is 79.9. The zero-order valence-electron chi connectivity index (χ0n) is 11.4. The Bertz CT molecular complexity index is 687. The summed E-state index contributed by atoms with van der Waals surface area (Å²) in [5, 5.41) is 10.00. The van der Waals surface area contributed by atoms with Gasteiger partial charge in [-0.05, 0) is 40.2 Å². The highest BCUT2D eigenvalue weighted by Crippen LogP contribution is 2.33. The molecule has 6 heteroatoms. The highest BCUT2D eigenvalue weighted by molar-refractivity contribution is 9.11. The van der Waals surface area contributed by atoms with Crippen LogP contribution in [0.3, 0.4) is 0 Å². The van der Waals surface area contributed by atoms with Crippen molar-refractivity contribution < 1.29 is 14.6 Å². The molecule has 0 unspecified atom stereocenters. The lowest BCUT2D eigenvalue weighted by Crippen LogP contribution is -1.88. The van der Waals surface area contributed by atoms with Crippen LogP contribution in [-0.4, -0.2) is 25.5 Å². The van der Waals surface area contributed by atoms with Crippen LogP contribution in [0.2, 0.25) is 0 Å². The molecule has 0 saturated carbocycles. The second-order valence-corrected chi connectivity index (χ2v) is 5.89. The van der Waals surface area contributed by atoms with E-state index < -0.39 is 0 Å². The topological polar surface area (TPSA) is 51.0 Å². The van der Waals surface area contributed by atoms with Crippen molar-refractivity contribution in [1.29, 1.82) is 0 Å². The Morgan fingerprint density at radius 2 is 1.86 bits per heavy atom. The van der Waals surface area contributed by atoms with E-state index in [0.29, 0.717) is 27.2 Å². The number of aromatic hydroxyl groups is 1. The summed E-state index contributed by atoms with van der Waals surface area (Å²) >= 11 is 6.66. The van der Waals surface area contributed by atoms with Crippen LogP contribution in [0, 0.1) is 0 Å². The monoisotopic (exact) mass is 413 g/mol. The maximum Gasteiger partial charge on any atom is 0.148 e. The fraction of sp³-hybridized carbons (Fsp3) is 0.133. The van der Waals surface area contributed by atoms with Gasteiger partial charge in [0.25, 0.3) is 0 Å². The van der Waals surface area contributed by atoms with Crippen LogP contribution >= 0.6 is 31.9 Å². The van der Waals surface area contributed by atoms with E-state index in [-0.39, 0.29) is 5.75 Å². The quantitative estimate of drug-likeness (QED) is 0.738. The van der Waals surface area contributed by atoms with Gasteiger partial charge in [-0.2, -0.15) is 0 Å². The summed E-state index contributed by atoms with van der Waals surface area (Å²) in [5.74, 6) is 1.42. The summed E-state index contributed by atoms with van der Waals surface area (Å²) in [5.41, 5.74) is 1.24. The third-order valence-electron chi connectivity index (χ3n) is 2.79. The van der Waals surface area contributed by atoms with Gasteiger partial charge in [0.1, 0.15) is 22.9 Å². The van der Waals surface area contributed by atoms with Crippen LogP contribution in [0.1, 0.15) is 5.56 Å². The second kappa shape index (κ2) is 6.95. The van der Waals surface area contributed by atoms with Crippen LogP contribution in [-0.2, 0) is 0 Å². The average Bonchev–Trinajstić information content (AvgIpc) is 2.49. The molecule has 2 rings (SSSR count). The number of rotatable bonds is 4. The van der Waals surface area contributed by atoms with Gasteiger partial charge < -0.3 is 14.6 Å². The van der Waals surface area contributed by atoms with Crippen molar-refractivity contribution in [2.45, 2.75) is 0 Å². The number of methoxy groups -OCH3 is 2. The second-order valence-electron chi connectivity index (χ2n) is 4.12. The molecule has 0 radical (unpaired) electrons. The molecule has 0 heterocycles. The van der Waals surface area contributed by atoms with Crippen LogP contribution in [0.4, 0.5) is 5.69 Å². The number of halogens is 2. The van der Waals surface area contributed by atoms with Gasteiger partial charge in [0.2, 0.25) is 0 Å². The van der Waals surface area contributed by atoms with E-state index in [9.17, 15) is 5.11 Å². The van der Waals surface area contributed by atoms with Gasteiger partial charge in [0.05, 0.1) is 18.7 Å². The Morgan fingerprint density at radius 1 is 1.10 bits per heavy atom. The minimum atomic E-state index is 0.134. The lowest BCUT2D eigenvalue weighted by Gasteiger charge is -2.07. The molecule has 0 atom stereocenters. The SMILES string of the molecule is COc1ccc(N=Cc2cc(Br)cc(Br)c2O)c(OC)c1. The number of phenols is 1. The van der Waals surface area contributed by atoms with Crippen molar-refractivity contribution >= 4 is 43.8 Å². The van der Waals surface area contributed by atoms with Crippen molar-refractivity contribution in [1.82, 2.24) is 0 Å². The number of phenolic OH excluding ortho intramolecular Hbond substituents is 1. The summed E-state index contributed by atoms with van der Waals surface area (Å²) in [4.78, 5) is 4.36. The van der Waals surface area contributed by atoms with Crippen LogP contribution in [0.5, 0.6) is 17.2 Å². The molecule has 0 saturated heterocycles. The molecule has 0 fully saturated rings. The summed E-state index contributed by atoms with van der Waals surface area (Å²) in [7, 11) is 3.16. The lowest BCUT2D eigenvalue weighted by atomic mass is 10.2. The van der Waals surface area contributed by atoms with Crippen LogP contribution in [0.15, 0.2) is 44.3 Å². The van der Waals surface area contributed by atoms with Crippen molar-refractivity contribution in [3.8, 4) is 17.2 Å². The molecular formula is C15H13Br2NO3. The van der Waals surface area contributed by atoms with Gasteiger partial charge >= 0.3 is 0 Å². The number of benzene rings is 2. The molecule has 0 bridgehead atoms. The fourth-order valence-electron chi connectivity index (χ4n) is 1.71. The third kappa shape index (κ3) is 3.77. The minimum Gasteiger partial charge on any atom is -0.506 e. The first-order valence-corrected chi connectivity index (χ1v) is 7.58. The average molecular weight is 415 g/mol. The van der Waals surface area contributed by atoms with E-state index in [2.05, 4.69) is 36.9 Å². The molecule has 0 aliphatic carbocycles. The molecule has 0 aliphatic rings. The predicted octanol–water partition coefficient (Wildman–Crippen LogP) is 4.69. The Kier molecular flexibility index (Phi) is 5.25. The standard InChI is InChI=1S/C15H13Br2NO3/c1-20-11-3-4-13(14(7-11)21-2)18-8-9-5-10(16)6-12(17)15(9)19/h3-8,19H,1-2H3. The van der Waals surface area contributed by atoms with Crippen LogP contribution in [0.25, 0.3) is 0 Å². The zero-order valence-corrected chi connectivity index (χ0v) is 14.6. The molecule has 21 heavy (non-hydrogen) atoms. The van der Waals surface area contributed by atoms with E-state index in [4.69, 9.17) is 9.47 Å². The zero-order chi connectivity index (χ0) is 15.4. The van der Waals surface area contributed by atoms with Crippen molar-refractivity contribution in [3.05, 3.63) is 44.8 Å². The molecule has 2 aromatic rings.